The van der Waals surface area contributed by atoms with Crippen LogP contribution in [0.5, 0.6) is 0 Å². The topological polar surface area (TPSA) is 64.3 Å². The summed E-state index contributed by atoms with van der Waals surface area (Å²) in [4.78, 5) is 9.60. The summed E-state index contributed by atoms with van der Waals surface area (Å²) in [6, 6.07) is 0. The quantitative estimate of drug-likeness (QED) is 0.604. The fourth-order valence-electron chi connectivity index (χ4n) is 0.659. The Morgan fingerprint density at radius 3 is 2.08 bits per heavy atom. The van der Waals surface area contributed by atoms with Crippen LogP contribution in [0.2, 0.25) is 0 Å². The van der Waals surface area contributed by atoms with Crippen molar-refractivity contribution < 1.29 is 9.53 Å². The Kier molecular flexibility index (Phi) is 5.66. The Morgan fingerprint density at radius 2 is 2.08 bits per heavy atom. The number of carbonyl (C=O) groups excluding carboxylic acids is 1. The summed E-state index contributed by atoms with van der Waals surface area (Å²) in [6.07, 6.45) is 0. The van der Waals surface area contributed by atoms with Gasteiger partial charge in [0.1, 0.15) is 5.60 Å². The standard InChI is InChI=1S/C5H10O2.C4H10N2/c1-5(2,3)7-4-6;5-1-4-2-6-3-4/h4H,1-3H3;4,6H,1-3,5H2. The maximum absolute atomic E-state index is 9.60. The molecule has 0 aromatic heterocycles. The normalized spacial score (nSPS) is 16.6. The average Bonchev–Trinajstić information content (AvgIpc) is 1.82. The van der Waals surface area contributed by atoms with Crippen molar-refractivity contribution in [3.05, 3.63) is 0 Å². The van der Waals surface area contributed by atoms with E-state index in [1.165, 1.54) is 0 Å². The van der Waals surface area contributed by atoms with E-state index in [1.807, 2.05) is 20.8 Å². The van der Waals surface area contributed by atoms with Crippen molar-refractivity contribution in [2.45, 2.75) is 26.4 Å². The van der Waals surface area contributed by atoms with Gasteiger partial charge in [0.05, 0.1) is 0 Å². The van der Waals surface area contributed by atoms with Crippen LogP contribution >= 0.6 is 0 Å². The van der Waals surface area contributed by atoms with Crippen LogP contribution in [0.25, 0.3) is 0 Å². The molecule has 0 radical (unpaired) electrons. The summed E-state index contributed by atoms with van der Waals surface area (Å²) < 4.78 is 4.55. The molecule has 1 saturated heterocycles. The van der Waals surface area contributed by atoms with Gasteiger partial charge in [-0.1, -0.05) is 0 Å². The molecule has 0 aromatic carbocycles. The van der Waals surface area contributed by atoms with Gasteiger partial charge < -0.3 is 15.8 Å². The summed E-state index contributed by atoms with van der Waals surface area (Å²) in [5.41, 5.74) is 4.98. The predicted octanol–water partition coefficient (Wildman–Crippen LogP) is 0.122. The van der Waals surface area contributed by atoms with Gasteiger partial charge in [-0.3, -0.25) is 4.79 Å². The van der Waals surface area contributed by atoms with Crippen LogP contribution in [0.1, 0.15) is 20.8 Å². The lowest BCUT2D eigenvalue weighted by Gasteiger charge is -2.24. The number of rotatable bonds is 2. The third-order valence-corrected chi connectivity index (χ3v) is 1.60. The van der Waals surface area contributed by atoms with Crippen LogP contribution in [0, 0.1) is 5.92 Å². The van der Waals surface area contributed by atoms with E-state index in [4.69, 9.17) is 5.73 Å². The fourth-order valence-corrected chi connectivity index (χ4v) is 0.659. The molecular formula is C9H20N2O2. The molecule has 0 spiro atoms. The highest BCUT2D eigenvalue weighted by Crippen LogP contribution is 2.02. The first-order chi connectivity index (χ1) is 5.99. The van der Waals surface area contributed by atoms with Crippen molar-refractivity contribution in [3.63, 3.8) is 0 Å². The van der Waals surface area contributed by atoms with Crippen LogP contribution in [0.15, 0.2) is 0 Å². The number of hydrogen-bond donors (Lipinski definition) is 2. The summed E-state index contributed by atoms with van der Waals surface area (Å²) in [7, 11) is 0. The molecule has 13 heavy (non-hydrogen) atoms. The zero-order chi connectivity index (χ0) is 10.3. The molecule has 0 saturated carbocycles. The van der Waals surface area contributed by atoms with E-state index in [9.17, 15) is 4.79 Å². The SMILES string of the molecule is CC(C)(C)OC=O.NCC1CNC1. The second kappa shape index (κ2) is 5.94. The number of ether oxygens (including phenoxy) is 1. The molecule has 0 aliphatic carbocycles. The van der Waals surface area contributed by atoms with Crippen LogP contribution < -0.4 is 11.1 Å². The van der Waals surface area contributed by atoms with E-state index < -0.39 is 0 Å². The van der Waals surface area contributed by atoms with Crippen molar-refractivity contribution in [1.29, 1.82) is 0 Å². The number of nitrogens with two attached hydrogens (primary N) is 1. The van der Waals surface area contributed by atoms with Gasteiger partial charge in [-0.15, -0.1) is 0 Å². The van der Waals surface area contributed by atoms with Gasteiger partial charge >= 0.3 is 0 Å². The monoisotopic (exact) mass is 188 g/mol. The minimum Gasteiger partial charge on any atom is -0.462 e. The molecule has 0 amide bonds. The summed E-state index contributed by atoms with van der Waals surface area (Å²) in [5.74, 6) is 0.782. The van der Waals surface area contributed by atoms with E-state index >= 15 is 0 Å². The third kappa shape index (κ3) is 7.74. The summed E-state index contributed by atoms with van der Waals surface area (Å²) >= 11 is 0. The zero-order valence-corrected chi connectivity index (χ0v) is 8.67. The third-order valence-electron chi connectivity index (χ3n) is 1.60. The van der Waals surface area contributed by atoms with Crippen molar-refractivity contribution in [1.82, 2.24) is 5.32 Å². The molecule has 0 aromatic rings. The Hall–Kier alpha value is -0.610. The summed E-state index contributed by atoms with van der Waals surface area (Å²) in [6.45, 7) is 9.05. The van der Waals surface area contributed by atoms with Gasteiger partial charge in [0.2, 0.25) is 0 Å². The highest BCUT2D eigenvalue weighted by molar-refractivity contribution is 5.37. The average molecular weight is 188 g/mol. The number of carbonyl (C=O) groups is 1. The van der Waals surface area contributed by atoms with Gasteiger partial charge in [-0.25, -0.2) is 0 Å². The second-order valence-electron chi connectivity index (χ2n) is 4.09. The van der Waals surface area contributed by atoms with Crippen LogP contribution in [0.3, 0.4) is 0 Å². The maximum atomic E-state index is 9.60. The van der Waals surface area contributed by atoms with Crippen molar-refractivity contribution in [2.75, 3.05) is 19.6 Å². The van der Waals surface area contributed by atoms with Gasteiger partial charge in [0, 0.05) is 13.1 Å². The zero-order valence-electron chi connectivity index (χ0n) is 8.67. The predicted molar refractivity (Wildman–Crippen MR) is 52.3 cm³/mol. The molecule has 78 valence electrons. The highest BCUT2D eigenvalue weighted by atomic mass is 16.5. The summed E-state index contributed by atoms with van der Waals surface area (Å²) in [5, 5.41) is 3.13. The van der Waals surface area contributed by atoms with Crippen LogP contribution in [0.4, 0.5) is 0 Å². The van der Waals surface area contributed by atoms with Gasteiger partial charge in [0.25, 0.3) is 6.47 Å². The molecule has 1 heterocycles. The number of nitrogens with one attached hydrogen (secondary N) is 1. The molecule has 1 aliphatic rings. The van der Waals surface area contributed by atoms with Gasteiger partial charge in [0.15, 0.2) is 0 Å². The largest absolute Gasteiger partial charge is 0.462 e. The maximum Gasteiger partial charge on any atom is 0.293 e. The Balaban J connectivity index is 0.000000223. The van der Waals surface area contributed by atoms with Crippen molar-refractivity contribution >= 4 is 6.47 Å². The Morgan fingerprint density at radius 1 is 1.54 bits per heavy atom. The van der Waals surface area contributed by atoms with E-state index in [0.717, 1.165) is 25.6 Å². The van der Waals surface area contributed by atoms with Crippen molar-refractivity contribution in [3.8, 4) is 0 Å². The smallest absolute Gasteiger partial charge is 0.293 e. The van der Waals surface area contributed by atoms with E-state index in [0.29, 0.717) is 6.47 Å². The molecule has 4 heteroatoms. The molecule has 0 unspecified atom stereocenters. The van der Waals surface area contributed by atoms with E-state index in [-0.39, 0.29) is 5.60 Å². The molecule has 4 nitrogen and oxygen atoms in total. The Labute approximate surface area is 79.8 Å². The van der Waals surface area contributed by atoms with Crippen LogP contribution in [-0.4, -0.2) is 31.7 Å². The van der Waals surface area contributed by atoms with Crippen LogP contribution in [-0.2, 0) is 9.53 Å². The van der Waals surface area contributed by atoms with Crippen molar-refractivity contribution in [2.24, 2.45) is 11.7 Å². The molecule has 3 N–H and O–H groups in total. The number of hydrogen-bond acceptors (Lipinski definition) is 4. The van der Waals surface area contributed by atoms with Gasteiger partial charge in [-0.2, -0.15) is 0 Å². The Bertz CT molecular complexity index is 136. The lowest BCUT2D eigenvalue weighted by Crippen LogP contribution is -2.45. The minimum absolute atomic E-state index is 0.318. The second-order valence-corrected chi connectivity index (χ2v) is 4.09. The first-order valence-electron chi connectivity index (χ1n) is 4.52. The lowest BCUT2D eigenvalue weighted by atomic mass is 10.1. The molecule has 1 rings (SSSR count). The van der Waals surface area contributed by atoms with Gasteiger partial charge in [-0.05, 0) is 33.2 Å². The molecule has 1 fully saturated rings. The fraction of sp³-hybridized carbons (Fsp3) is 0.889. The molecule has 0 atom stereocenters. The van der Waals surface area contributed by atoms with E-state index in [1.54, 1.807) is 0 Å². The minimum atomic E-state index is -0.318. The molecule has 0 bridgehead atoms. The first kappa shape index (κ1) is 12.4. The highest BCUT2D eigenvalue weighted by Gasteiger charge is 2.12. The molecule has 1 aliphatic heterocycles. The molecular weight excluding hydrogens is 168 g/mol. The lowest BCUT2D eigenvalue weighted by molar-refractivity contribution is -0.138. The van der Waals surface area contributed by atoms with E-state index in [2.05, 4.69) is 10.1 Å². The first-order valence-corrected chi connectivity index (χ1v) is 4.52.